The second-order valence-corrected chi connectivity index (χ2v) is 5.91. The van der Waals surface area contributed by atoms with Crippen molar-refractivity contribution in [1.82, 2.24) is 9.55 Å². The summed E-state index contributed by atoms with van der Waals surface area (Å²) in [7, 11) is 0. The fourth-order valence-electron chi connectivity index (χ4n) is 3.71. The molecule has 0 spiro atoms. The summed E-state index contributed by atoms with van der Waals surface area (Å²) in [6, 6.07) is 21.5. The van der Waals surface area contributed by atoms with Crippen LogP contribution in [-0.4, -0.2) is 9.55 Å². The number of fused-ring (bicyclic) bond motifs is 5. The van der Waals surface area contributed by atoms with E-state index in [0.29, 0.717) is 0 Å². The Balaban J connectivity index is 1.75. The number of hydrogen-bond donors (Lipinski definition) is 1. The molecule has 5 rings (SSSR count). The Morgan fingerprint density at radius 1 is 0.818 bits per heavy atom. The Morgan fingerprint density at radius 2 is 1.64 bits per heavy atom. The van der Waals surface area contributed by atoms with Gasteiger partial charge in [-0.2, -0.15) is 0 Å². The molecule has 2 aromatic carbocycles. The first-order valence-electron chi connectivity index (χ1n) is 7.77. The van der Waals surface area contributed by atoms with Crippen LogP contribution in [0.3, 0.4) is 0 Å². The molecular weight excluding hydrogens is 268 g/mol. The molecule has 2 aromatic heterocycles. The molecule has 0 atom stereocenters. The molecule has 2 heterocycles. The average Bonchev–Trinajstić information content (AvgIpc) is 3.16. The van der Waals surface area contributed by atoms with Gasteiger partial charge in [-0.15, -0.1) is 0 Å². The van der Waals surface area contributed by atoms with Crippen molar-refractivity contribution < 1.29 is 0 Å². The highest BCUT2D eigenvalue weighted by Gasteiger charge is 2.23. The normalized spacial score (nSPS) is 13.1. The van der Waals surface area contributed by atoms with E-state index in [4.69, 9.17) is 0 Å². The number of rotatable bonds is 1. The molecule has 4 aromatic rings. The molecule has 0 fully saturated rings. The molecule has 22 heavy (non-hydrogen) atoms. The van der Waals surface area contributed by atoms with Gasteiger partial charge in [0.2, 0.25) is 0 Å². The number of aromatic nitrogens is 2. The van der Waals surface area contributed by atoms with E-state index in [0.717, 1.165) is 12.8 Å². The summed E-state index contributed by atoms with van der Waals surface area (Å²) in [5.74, 6) is 0. The van der Waals surface area contributed by atoms with E-state index in [-0.39, 0.29) is 0 Å². The molecule has 1 aliphatic rings. The van der Waals surface area contributed by atoms with Crippen molar-refractivity contribution in [3.8, 4) is 16.9 Å². The first-order chi connectivity index (χ1) is 10.9. The second-order valence-electron chi connectivity index (χ2n) is 5.91. The van der Waals surface area contributed by atoms with Crippen LogP contribution in [-0.2, 0) is 12.8 Å². The van der Waals surface area contributed by atoms with E-state index in [9.17, 15) is 0 Å². The van der Waals surface area contributed by atoms with Crippen molar-refractivity contribution in [3.63, 3.8) is 0 Å². The number of benzene rings is 2. The van der Waals surface area contributed by atoms with Gasteiger partial charge < -0.3 is 9.55 Å². The Labute approximate surface area is 129 Å². The molecule has 0 aliphatic heterocycles. The summed E-state index contributed by atoms with van der Waals surface area (Å²) in [6.07, 6.45) is 4.38. The van der Waals surface area contributed by atoms with Crippen LogP contribution in [0.2, 0.25) is 0 Å². The monoisotopic (exact) mass is 284 g/mol. The third-order valence-corrected chi connectivity index (χ3v) is 4.72. The lowest BCUT2D eigenvalue weighted by atomic mass is 9.94. The van der Waals surface area contributed by atoms with Gasteiger partial charge in [-0.25, -0.2) is 0 Å². The molecule has 0 bridgehead atoms. The summed E-state index contributed by atoms with van der Waals surface area (Å²) in [6.45, 7) is 0. The molecular formula is C20H16N2. The van der Waals surface area contributed by atoms with Gasteiger partial charge in [-0.05, 0) is 42.7 Å². The standard InChI is InChI=1S/C20H16N2/c1-2-6-14(7-3-1)22-13-12-17-19(22)11-10-16-15-8-4-5-9-18(15)21-20(16)17/h1-9,12-13,21H,10-11H2. The summed E-state index contributed by atoms with van der Waals surface area (Å²) in [5, 5.41) is 1.37. The smallest absolute Gasteiger partial charge is 0.0515 e. The highest BCUT2D eigenvalue weighted by Crippen LogP contribution is 2.38. The minimum atomic E-state index is 1.09. The molecule has 0 amide bonds. The lowest BCUT2D eigenvalue weighted by molar-refractivity contribution is 0.857. The Morgan fingerprint density at radius 3 is 2.55 bits per heavy atom. The molecule has 2 nitrogen and oxygen atoms in total. The van der Waals surface area contributed by atoms with E-state index in [1.807, 2.05) is 0 Å². The highest BCUT2D eigenvalue weighted by atomic mass is 15.0. The van der Waals surface area contributed by atoms with Crippen LogP contribution in [0.5, 0.6) is 0 Å². The zero-order valence-corrected chi connectivity index (χ0v) is 12.2. The van der Waals surface area contributed by atoms with Gasteiger partial charge in [-0.1, -0.05) is 36.4 Å². The van der Waals surface area contributed by atoms with Crippen LogP contribution in [0.25, 0.3) is 27.8 Å². The lowest BCUT2D eigenvalue weighted by Gasteiger charge is -2.16. The first kappa shape index (κ1) is 11.9. The Hall–Kier alpha value is -2.74. The van der Waals surface area contributed by atoms with Crippen LogP contribution >= 0.6 is 0 Å². The predicted octanol–water partition coefficient (Wildman–Crippen LogP) is 4.72. The quantitative estimate of drug-likeness (QED) is 0.522. The zero-order valence-electron chi connectivity index (χ0n) is 12.2. The van der Waals surface area contributed by atoms with E-state index < -0.39 is 0 Å². The molecule has 0 saturated heterocycles. The van der Waals surface area contributed by atoms with Gasteiger partial charge in [0.15, 0.2) is 0 Å². The van der Waals surface area contributed by atoms with Crippen molar-refractivity contribution >= 4 is 10.9 Å². The molecule has 0 radical (unpaired) electrons. The maximum Gasteiger partial charge on any atom is 0.0515 e. The Kier molecular flexibility index (Phi) is 2.36. The third kappa shape index (κ3) is 1.55. The first-order valence-corrected chi connectivity index (χ1v) is 7.77. The largest absolute Gasteiger partial charge is 0.354 e. The highest BCUT2D eigenvalue weighted by molar-refractivity contribution is 5.92. The number of aromatic amines is 1. The van der Waals surface area contributed by atoms with Crippen LogP contribution in [0.4, 0.5) is 0 Å². The summed E-state index contributed by atoms with van der Waals surface area (Å²) in [5.41, 5.74) is 8.01. The number of aryl methyl sites for hydroxylation is 1. The second kappa shape index (κ2) is 4.38. The van der Waals surface area contributed by atoms with Gasteiger partial charge in [-0.3, -0.25) is 0 Å². The molecule has 0 unspecified atom stereocenters. The fourth-order valence-corrected chi connectivity index (χ4v) is 3.71. The van der Waals surface area contributed by atoms with E-state index in [1.165, 1.54) is 39.1 Å². The number of hydrogen-bond acceptors (Lipinski definition) is 0. The number of nitrogens with zero attached hydrogens (tertiary/aromatic N) is 1. The fraction of sp³-hybridized carbons (Fsp3) is 0.100. The van der Waals surface area contributed by atoms with Crippen molar-refractivity contribution in [3.05, 3.63) is 78.1 Å². The van der Waals surface area contributed by atoms with Crippen molar-refractivity contribution in [2.45, 2.75) is 12.8 Å². The van der Waals surface area contributed by atoms with E-state index in [1.54, 1.807) is 0 Å². The van der Waals surface area contributed by atoms with Crippen molar-refractivity contribution in [2.24, 2.45) is 0 Å². The van der Waals surface area contributed by atoms with Gasteiger partial charge in [0.05, 0.1) is 5.69 Å². The number of nitrogens with one attached hydrogen (secondary N) is 1. The number of para-hydroxylation sites is 2. The molecule has 0 saturated carbocycles. The third-order valence-electron chi connectivity index (χ3n) is 4.72. The lowest BCUT2D eigenvalue weighted by Crippen LogP contribution is -2.07. The van der Waals surface area contributed by atoms with Crippen molar-refractivity contribution in [2.75, 3.05) is 0 Å². The van der Waals surface area contributed by atoms with E-state index >= 15 is 0 Å². The van der Waals surface area contributed by atoms with Crippen LogP contribution in [0, 0.1) is 0 Å². The summed E-state index contributed by atoms with van der Waals surface area (Å²) >= 11 is 0. The minimum Gasteiger partial charge on any atom is -0.354 e. The Bertz CT molecular complexity index is 974. The van der Waals surface area contributed by atoms with Crippen LogP contribution < -0.4 is 0 Å². The van der Waals surface area contributed by atoms with Gasteiger partial charge in [0.1, 0.15) is 0 Å². The maximum atomic E-state index is 3.62. The number of H-pyrrole nitrogens is 1. The molecule has 2 heteroatoms. The SMILES string of the molecule is c1ccc(-n2ccc3c2CCc2c-3[nH]c3ccccc23)cc1. The minimum absolute atomic E-state index is 1.09. The maximum absolute atomic E-state index is 3.62. The average molecular weight is 284 g/mol. The molecule has 1 N–H and O–H groups in total. The van der Waals surface area contributed by atoms with Crippen molar-refractivity contribution in [1.29, 1.82) is 0 Å². The van der Waals surface area contributed by atoms with E-state index in [2.05, 4.69) is 76.4 Å². The molecule has 1 aliphatic carbocycles. The predicted molar refractivity (Wildman–Crippen MR) is 90.5 cm³/mol. The topological polar surface area (TPSA) is 20.7 Å². The van der Waals surface area contributed by atoms with Gasteiger partial charge in [0, 0.05) is 34.0 Å². The van der Waals surface area contributed by atoms with Crippen LogP contribution in [0.15, 0.2) is 66.9 Å². The van der Waals surface area contributed by atoms with Crippen LogP contribution in [0.1, 0.15) is 11.3 Å². The van der Waals surface area contributed by atoms with Gasteiger partial charge >= 0.3 is 0 Å². The summed E-state index contributed by atoms with van der Waals surface area (Å²) in [4.78, 5) is 3.62. The molecule has 106 valence electrons. The zero-order chi connectivity index (χ0) is 14.5. The van der Waals surface area contributed by atoms with Gasteiger partial charge in [0.25, 0.3) is 0 Å². The summed E-state index contributed by atoms with van der Waals surface area (Å²) < 4.78 is 2.32.